The van der Waals surface area contributed by atoms with E-state index in [1.165, 1.54) is 30.2 Å². The van der Waals surface area contributed by atoms with Crippen molar-refractivity contribution in [1.29, 1.82) is 0 Å². The third kappa shape index (κ3) is 5.28. The lowest BCUT2D eigenvalue weighted by Crippen LogP contribution is -2.47. The second-order valence-electron chi connectivity index (χ2n) is 7.18. The number of amides is 1. The number of aromatic nitrogens is 2. The fraction of sp³-hybridized carbons (Fsp3) is 0.261. The first-order valence-corrected chi connectivity index (χ1v) is 11.2. The Labute approximate surface area is 190 Å². The summed E-state index contributed by atoms with van der Waals surface area (Å²) in [5.74, 6) is 1.09. The maximum atomic E-state index is 13.7. The maximum Gasteiger partial charge on any atom is 0.234 e. The number of halogens is 1. The minimum Gasteiger partial charge on any atom is -0.495 e. The third-order valence-electron chi connectivity index (χ3n) is 5.16. The smallest absolute Gasteiger partial charge is 0.234 e. The van der Waals surface area contributed by atoms with Crippen LogP contribution >= 0.6 is 11.8 Å². The van der Waals surface area contributed by atoms with Crippen molar-refractivity contribution in [2.45, 2.75) is 5.03 Å². The molecule has 2 aromatic carbocycles. The molecule has 1 N–H and O–H groups in total. The van der Waals surface area contributed by atoms with E-state index < -0.39 is 5.82 Å². The summed E-state index contributed by atoms with van der Waals surface area (Å²) in [7, 11) is 1.69. The summed E-state index contributed by atoms with van der Waals surface area (Å²) in [4.78, 5) is 25.4. The van der Waals surface area contributed by atoms with Gasteiger partial charge in [-0.25, -0.2) is 14.4 Å². The van der Waals surface area contributed by atoms with Gasteiger partial charge in [-0.15, -0.1) is 0 Å². The number of ether oxygens (including phenoxy) is 1. The first-order valence-electron chi connectivity index (χ1n) is 10.3. The summed E-state index contributed by atoms with van der Waals surface area (Å²) >= 11 is 1.29. The Morgan fingerprint density at radius 1 is 1.06 bits per heavy atom. The van der Waals surface area contributed by atoms with Gasteiger partial charge in [0, 0.05) is 32.2 Å². The molecule has 166 valence electrons. The molecule has 0 unspecified atom stereocenters. The van der Waals surface area contributed by atoms with E-state index in [1.807, 2.05) is 24.3 Å². The van der Waals surface area contributed by atoms with E-state index in [0.29, 0.717) is 5.03 Å². The van der Waals surface area contributed by atoms with Gasteiger partial charge in [-0.05, 0) is 24.3 Å². The Morgan fingerprint density at radius 2 is 1.78 bits per heavy atom. The summed E-state index contributed by atoms with van der Waals surface area (Å²) < 4.78 is 19.2. The molecule has 0 spiro atoms. The Kier molecular flexibility index (Phi) is 7.06. The highest BCUT2D eigenvalue weighted by Crippen LogP contribution is 2.29. The van der Waals surface area contributed by atoms with Crippen LogP contribution in [0.15, 0.2) is 66.0 Å². The van der Waals surface area contributed by atoms with Crippen molar-refractivity contribution >= 4 is 34.9 Å². The quantitative estimate of drug-likeness (QED) is 0.432. The molecule has 1 fully saturated rings. The van der Waals surface area contributed by atoms with Crippen LogP contribution in [0.2, 0.25) is 0 Å². The molecule has 7 nitrogen and oxygen atoms in total. The number of carbonyl (C=O) groups is 1. The largest absolute Gasteiger partial charge is 0.495 e. The second-order valence-corrected chi connectivity index (χ2v) is 8.17. The normalized spacial score (nSPS) is 13.7. The lowest BCUT2D eigenvalue weighted by atomic mass is 10.2. The van der Waals surface area contributed by atoms with E-state index in [2.05, 4.69) is 31.2 Å². The van der Waals surface area contributed by atoms with E-state index in [0.717, 1.165) is 43.4 Å². The van der Waals surface area contributed by atoms with E-state index in [4.69, 9.17) is 4.74 Å². The van der Waals surface area contributed by atoms with Crippen LogP contribution in [0.25, 0.3) is 0 Å². The van der Waals surface area contributed by atoms with Crippen molar-refractivity contribution in [2.24, 2.45) is 0 Å². The number of rotatable bonds is 7. The number of thioether (sulfide) groups is 1. The van der Waals surface area contributed by atoms with Crippen molar-refractivity contribution in [3.63, 3.8) is 0 Å². The second kappa shape index (κ2) is 10.3. The van der Waals surface area contributed by atoms with Crippen LogP contribution in [0.5, 0.6) is 5.75 Å². The highest BCUT2D eigenvalue weighted by atomic mass is 32.2. The molecule has 0 bridgehead atoms. The molecule has 1 aromatic heterocycles. The molecule has 0 atom stereocenters. The van der Waals surface area contributed by atoms with Gasteiger partial charge < -0.3 is 19.9 Å². The van der Waals surface area contributed by atoms with Crippen molar-refractivity contribution in [1.82, 2.24) is 9.97 Å². The van der Waals surface area contributed by atoms with E-state index in [-0.39, 0.29) is 17.3 Å². The van der Waals surface area contributed by atoms with E-state index in [1.54, 1.807) is 19.2 Å². The van der Waals surface area contributed by atoms with Crippen LogP contribution in [0.4, 0.5) is 21.6 Å². The van der Waals surface area contributed by atoms with Gasteiger partial charge in [-0.1, -0.05) is 36.0 Å². The van der Waals surface area contributed by atoms with E-state index >= 15 is 0 Å². The van der Waals surface area contributed by atoms with Crippen molar-refractivity contribution < 1.29 is 13.9 Å². The standard InChI is InChI=1S/C23H24FN5O2S/c1-31-20-9-5-4-8-19(20)28-10-12-29(13-11-28)21-14-23(26-16-25-21)32-15-22(30)27-18-7-3-2-6-17(18)24/h2-9,14,16H,10-13,15H2,1H3,(H,27,30). The van der Waals surface area contributed by atoms with Crippen LogP contribution in [-0.4, -0.2) is 54.9 Å². The van der Waals surface area contributed by atoms with Gasteiger partial charge in [-0.3, -0.25) is 4.79 Å². The molecular weight excluding hydrogens is 429 g/mol. The molecule has 3 aromatic rings. The minimum atomic E-state index is -0.456. The zero-order valence-electron chi connectivity index (χ0n) is 17.7. The average molecular weight is 454 g/mol. The summed E-state index contributed by atoms with van der Waals surface area (Å²) in [5, 5.41) is 3.28. The molecule has 1 aliphatic rings. The molecule has 1 aliphatic heterocycles. The number of para-hydroxylation sites is 3. The topological polar surface area (TPSA) is 70.6 Å². The van der Waals surface area contributed by atoms with Gasteiger partial charge in [0.1, 0.15) is 28.7 Å². The molecule has 4 rings (SSSR count). The Balaban J connectivity index is 1.32. The number of nitrogens with zero attached hydrogens (tertiary/aromatic N) is 4. The Hall–Kier alpha value is -3.33. The molecule has 0 saturated carbocycles. The predicted molar refractivity (Wildman–Crippen MR) is 125 cm³/mol. The zero-order valence-corrected chi connectivity index (χ0v) is 18.5. The molecule has 0 aliphatic carbocycles. The third-order valence-corrected chi connectivity index (χ3v) is 6.08. The number of benzene rings is 2. The highest BCUT2D eigenvalue weighted by Gasteiger charge is 2.21. The lowest BCUT2D eigenvalue weighted by Gasteiger charge is -2.37. The van der Waals surface area contributed by atoms with Crippen LogP contribution in [0.3, 0.4) is 0 Å². The summed E-state index contributed by atoms with van der Waals surface area (Å²) in [5.41, 5.74) is 1.27. The van der Waals surface area contributed by atoms with Crippen LogP contribution < -0.4 is 19.9 Å². The molecule has 1 saturated heterocycles. The van der Waals surface area contributed by atoms with Gasteiger partial charge in [0.25, 0.3) is 0 Å². The van der Waals surface area contributed by atoms with Crippen LogP contribution in [0.1, 0.15) is 0 Å². The molecule has 9 heteroatoms. The monoisotopic (exact) mass is 453 g/mol. The number of nitrogens with one attached hydrogen (secondary N) is 1. The number of hydrogen-bond acceptors (Lipinski definition) is 7. The van der Waals surface area contributed by atoms with Crippen molar-refractivity contribution in [3.05, 3.63) is 66.7 Å². The average Bonchev–Trinajstić information content (AvgIpc) is 2.84. The summed E-state index contributed by atoms with van der Waals surface area (Å²) in [6, 6.07) is 16.0. The molecular formula is C23H24FN5O2S. The number of hydrogen-bond donors (Lipinski definition) is 1. The number of carbonyl (C=O) groups excluding carboxylic acids is 1. The lowest BCUT2D eigenvalue weighted by molar-refractivity contribution is -0.113. The van der Waals surface area contributed by atoms with Gasteiger partial charge >= 0.3 is 0 Å². The number of methoxy groups -OCH3 is 1. The van der Waals surface area contributed by atoms with E-state index in [9.17, 15) is 9.18 Å². The van der Waals surface area contributed by atoms with Gasteiger partial charge in [0.2, 0.25) is 5.91 Å². The summed E-state index contributed by atoms with van der Waals surface area (Å²) in [6.07, 6.45) is 1.51. The fourth-order valence-electron chi connectivity index (χ4n) is 3.54. The number of anilines is 3. The SMILES string of the molecule is COc1ccccc1N1CCN(c2cc(SCC(=O)Nc3ccccc3F)ncn2)CC1. The first-order chi connectivity index (χ1) is 15.6. The fourth-order valence-corrected chi connectivity index (χ4v) is 4.20. The van der Waals surface area contributed by atoms with Gasteiger partial charge in [0.15, 0.2) is 0 Å². The minimum absolute atomic E-state index is 0.131. The first kappa shape index (κ1) is 21.9. The van der Waals surface area contributed by atoms with Crippen LogP contribution in [0, 0.1) is 5.82 Å². The van der Waals surface area contributed by atoms with Gasteiger partial charge in [-0.2, -0.15) is 0 Å². The zero-order chi connectivity index (χ0) is 22.3. The number of piperazine rings is 1. The highest BCUT2D eigenvalue weighted by molar-refractivity contribution is 7.99. The Bertz CT molecular complexity index is 1080. The summed E-state index contributed by atoms with van der Waals surface area (Å²) in [6.45, 7) is 3.32. The van der Waals surface area contributed by atoms with Crippen LogP contribution in [-0.2, 0) is 4.79 Å². The molecule has 0 radical (unpaired) electrons. The molecule has 1 amide bonds. The molecule has 32 heavy (non-hydrogen) atoms. The maximum absolute atomic E-state index is 13.7. The molecule has 2 heterocycles. The van der Waals surface area contributed by atoms with Crippen molar-refractivity contribution in [3.8, 4) is 5.75 Å². The van der Waals surface area contributed by atoms with Crippen molar-refractivity contribution in [2.75, 3.05) is 54.2 Å². The Morgan fingerprint density at radius 3 is 2.56 bits per heavy atom. The predicted octanol–water partition coefficient (Wildman–Crippen LogP) is 3.68. The van der Waals surface area contributed by atoms with Gasteiger partial charge in [0.05, 0.1) is 24.2 Å².